The first kappa shape index (κ1) is 14.3. The van der Waals surface area contributed by atoms with Gasteiger partial charge in [-0.2, -0.15) is 0 Å². The number of aliphatic imine (C=N–C) groups is 2. The topological polar surface area (TPSA) is 110 Å². The summed E-state index contributed by atoms with van der Waals surface area (Å²) in [5.41, 5.74) is 6.13. The molecule has 1 heterocycles. The molecule has 0 spiro atoms. The lowest BCUT2D eigenvalue weighted by Crippen LogP contribution is -2.48. The van der Waals surface area contributed by atoms with Gasteiger partial charge in [-0.15, -0.1) is 4.91 Å². The molecule has 0 saturated carbocycles. The molecule has 0 unspecified atom stereocenters. The number of aliphatic hydroxyl groups is 1. The van der Waals surface area contributed by atoms with E-state index in [9.17, 15) is 10.0 Å². The van der Waals surface area contributed by atoms with Crippen molar-refractivity contribution in [1.29, 1.82) is 0 Å². The van der Waals surface area contributed by atoms with Crippen molar-refractivity contribution < 1.29 is 9.84 Å². The van der Waals surface area contributed by atoms with Gasteiger partial charge in [-0.05, 0) is 23.7 Å². The maximum absolute atomic E-state index is 10.7. The van der Waals surface area contributed by atoms with Crippen LogP contribution in [0.4, 0.5) is 0 Å². The average molecular weight is 276 g/mol. The van der Waals surface area contributed by atoms with Crippen molar-refractivity contribution in [3.05, 3.63) is 34.7 Å². The molecule has 1 aromatic rings. The molecule has 0 bridgehead atoms. The minimum absolute atomic E-state index is 0.167. The van der Waals surface area contributed by atoms with Crippen molar-refractivity contribution in [1.82, 2.24) is 0 Å². The molecular formula is C13H16N4O3. The van der Waals surface area contributed by atoms with E-state index in [0.717, 1.165) is 6.42 Å². The van der Waals surface area contributed by atoms with E-state index < -0.39 is 11.9 Å². The minimum Gasteiger partial charge on any atom is -0.493 e. The van der Waals surface area contributed by atoms with Crippen LogP contribution >= 0.6 is 0 Å². The van der Waals surface area contributed by atoms with Gasteiger partial charge in [0, 0.05) is 6.21 Å². The van der Waals surface area contributed by atoms with Crippen LogP contribution in [-0.4, -0.2) is 35.7 Å². The molecule has 0 radical (unpaired) electrons. The largest absolute Gasteiger partial charge is 0.493 e. The fourth-order valence-electron chi connectivity index (χ4n) is 1.71. The normalized spacial score (nSPS) is 25.1. The molecule has 106 valence electrons. The van der Waals surface area contributed by atoms with E-state index in [-0.39, 0.29) is 5.84 Å². The van der Waals surface area contributed by atoms with Crippen molar-refractivity contribution in [2.75, 3.05) is 6.61 Å². The molecule has 0 aromatic heterocycles. The Kier molecular flexibility index (Phi) is 4.21. The molecular weight excluding hydrogens is 260 g/mol. The van der Waals surface area contributed by atoms with E-state index in [4.69, 9.17) is 10.5 Å². The van der Waals surface area contributed by atoms with Gasteiger partial charge in [0.15, 0.2) is 5.84 Å². The molecule has 0 amide bonds. The molecule has 2 rings (SSSR count). The summed E-state index contributed by atoms with van der Waals surface area (Å²) in [5, 5.41) is 12.5. The Morgan fingerprint density at radius 3 is 2.95 bits per heavy atom. The number of nitroso groups, excluding NO2 is 1. The van der Waals surface area contributed by atoms with Gasteiger partial charge in [0.2, 0.25) is 0 Å². The third-order valence-corrected chi connectivity index (χ3v) is 2.80. The Bertz CT molecular complexity index is 558. The lowest BCUT2D eigenvalue weighted by Gasteiger charge is -2.24. The van der Waals surface area contributed by atoms with Crippen molar-refractivity contribution >= 4 is 12.1 Å². The van der Waals surface area contributed by atoms with Gasteiger partial charge in [0.25, 0.3) is 0 Å². The van der Waals surface area contributed by atoms with Crippen LogP contribution in [-0.2, 0) is 0 Å². The predicted octanol–water partition coefficient (Wildman–Crippen LogP) is 1.05. The zero-order chi connectivity index (χ0) is 14.6. The SMILES string of the molecule is CCCOc1ccccc1C1=N[C@](O)(N=O)[C@H](N)C=N1. The highest BCUT2D eigenvalue weighted by molar-refractivity contribution is 6.07. The first-order valence-corrected chi connectivity index (χ1v) is 6.29. The summed E-state index contributed by atoms with van der Waals surface area (Å²) in [6.45, 7) is 2.54. The second kappa shape index (κ2) is 5.89. The number of para-hydroxylation sites is 1. The number of nitrogens with zero attached hydrogens (tertiary/aromatic N) is 3. The smallest absolute Gasteiger partial charge is 0.315 e. The summed E-state index contributed by atoms with van der Waals surface area (Å²) >= 11 is 0. The molecule has 1 aromatic carbocycles. The molecule has 3 N–H and O–H groups in total. The van der Waals surface area contributed by atoms with E-state index in [2.05, 4.69) is 15.2 Å². The van der Waals surface area contributed by atoms with Gasteiger partial charge in [-0.25, -0.2) is 9.98 Å². The van der Waals surface area contributed by atoms with Crippen molar-refractivity contribution in [2.24, 2.45) is 20.9 Å². The van der Waals surface area contributed by atoms with Crippen LogP contribution < -0.4 is 10.5 Å². The predicted molar refractivity (Wildman–Crippen MR) is 76.0 cm³/mol. The summed E-state index contributed by atoms with van der Waals surface area (Å²) in [4.78, 5) is 18.6. The van der Waals surface area contributed by atoms with Gasteiger partial charge in [0.1, 0.15) is 11.8 Å². The molecule has 0 saturated heterocycles. The Hall–Kier alpha value is -2.12. The summed E-state index contributed by atoms with van der Waals surface area (Å²) in [5.74, 6) is -1.48. The quantitative estimate of drug-likeness (QED) is 0.783. The first-order chi connectivity index (χ1) is 9.60. The van der Waals surface area contributed by atoms with E-state index in [1.165, 1.54) is 6.21 Å². The first-order valence-electron chi connectivity index (χ1n) is 6.29. The van der Waals surface area contributed by atoms with E-state index >= 15 is 0 Å². The van der Waals surface area contributed by atoms with Gasteiger partial charge in [0.05, 0.1) is 12.2 Å². The lowest BCUT2D eigenvalue weighted by molar-refractivity contribution is 0.0502. The second-order valence-electron chi connectivity index (χ2n) is 4.36. The summed E-state index contributed by atoms with van der Waals surface area (Å²) in [7, 11) is 0. The van der Waals surface area contributed by atoms with E-state index in [1.807, 2.05) is 13.0 Å². The molecule has 20 heavy (non-hydrogen) atoms. The van der Waals surface area contributed by atoms with Gasteiger partial charge in [-0.3, -0.25) is 0 Å². The number of hydrogen-bond donors (Lipinski definition) is 2. The number of ether oxygens (including phenoxy) is 1. The fraction of sp³-hybridized carbons (Fsp3) is 0.385. The molecule has 7 heteroatoms. The highest BCUT2D eigenvalue weighted by Crippen LogP contribution is 2.24. The van der Waals surface area contributed by atoms with Crippen molar-refractivity contribution in [3.63, 3.8) is 0 Å². The van der Waals surface area contributed by atoms with Gasteiger partial charge >= 0.3 is 5.85 Å². The summed E-state index contributed by atoms with van der Waals surface area (Å²) in [6, 6.07) is 6.05. The van der Waals surface area contributed by atoms with Crippen molar-refractivity contribution in [3.8, 4) is 5.75 Å². The van der Waals surface area contributed by atoms with Crippen LogP contribution in [0.1, 0.15) is 18.9 Å². The van der Waals surface area contributed by atoms with Gasteiger partial charge in [-0.1, -0.05) is 19.1 Å². The molecule has 1 aliphatic rings. The van der Waals surface area contributed by atoms with Crippen LogP contribution in [0.2, 0.25) is 0 Å². The van der Waals surface area contributed by atoms with Crippen LogP contribution in [0.15, 0.2) is 39.4 Å². The second-order valence-corrected chi connectivity index (χ2v) is 4.36. The standard InChI is InChI=1S/C13H16N4O3/c1-2-7-20-10-6-4-3-5-9(10)12-15-8-11(14)13(18,16-12)17-19/h3-6,8,11,18H,2,7,14H2,1H3/t11-,13+/m1/s1. The molecule has 0 fully saturated rings. The number of nitrogens with two attached hydrogens (primary N) is 1. The van der Waals surface area contributed by atoms with E-state index in [1.54, 1.807) is 18.2 Å². The third-order valence-electron chi connectivity index (χ3n) is 2.80. The Morgan fingerprint density at radius 1 is 1.50 bits per heavy atom. The number of rotatable bonds is 5. The Labute approximate surface area is 116 Å². The third kappa shape index (κ3) is 2.73. The number of amidine groups is 1. The zero-order valence-corrected chi connectivity index (χ0v) is 11.1. The number of hydrogen-bond acceptors (Lipinski definition) is 7. The fourth-order valence-corrected chi connectivity index (χ4v) is 1.71. The van der Waals surface area contributed by atoms with Crippen LogP contribution in [0, 0.1) is 4.91 Å². The Morgan fingerprint density at radius 2 is 2.25 bits per heavy atom. The van der Waals surface area contributed by atoms with Crippen molar-refractivity contribution in [2.45, 2.75) is 25.2 Å². The molecule has 0 aliphatic carbocycles. The zero-order valence-electron chi connectivity index (χ0n) is 11.1. The van der Waals surface area contributed by atoms with Gasteiger partial charge < -0.3 is 15.6 Å². The maximum Gasteiger partial charge on any atom is 0.315 e. The molecule has 2 atom stereocenters. The van der Waals surface area contributed by atoms with E-state index in [0.29, 0.717) is 17.9 Å². The van der Waals surface area contributed by atoms with Crippen LogP contribution in [0.25, 0.3) is 0 Å². The highest BCUT2D eigenvalue weighted by atomic mass is 16.5. The molecule has 1 aliphatic heterocycles. The minimum atomic E-state index is -2.23. The summed E-state index contributed by atoms with van der Waals surface area (Å²) in [6.07, 6.45) is 2.11. The Balaban J connectivity index is 2.39. The number of benzene rings is 1. The summed E-state index contributed by atoms with van der Waals surface area (Å²) < 4.78 is 5.59. The average Bonchev–Trinajstić information content (AvgIpc) is 2.48. The maximum atomic E-state index is 10.7. The lowest BCUT2D eigenvalue weighted by atomic mass is 10.1. The highest BCUT2D eigenvalue weighted by Gasteiger charge is 2.38. The van der Waals surface area contributed by atoms with Crippen LogP contribution in [0.3, 0.4) is 0 Å². The monoisotopic (exact) mass is 276 g/mol. The molecule has 7 nitrogen and oxygen atoms in total. The van der Waals surface area contributed by atoms with Crippen LogP contribution in [0.5, 0.6) is 5.75 Å².